The third-order valence-electron chi connectivity index (χ3n) is 4.03. The van der Waals surface area contributed by atoms with Crippen LogP contribution < -0.4 is 10.1 Å². The molecule has 2 heterocycles. The van der Waals surface area contributed by atoms with E-state index in [0.29, 0.717) is 5.69 Å². The lowest BCUT2D eigenvalue weighted by molar-refractivity contribution is 0.102. The first kappa shape index (κ1) is 17.4. The van der Waals surface area contributed by atoms with Gasteiger partial charge < -0.3 is 10.1 Å². The molecule has 2 aromatic heterocycles. The normalized spacial score (nSPS) is 10.6. The third kappa shape index (κ3) is 3.45. The molecule has 0 unspecified atom stereocenters. The van der Waals surface area contributed by atoms with Crippen molar-refractivity contribution in [3.63, 3.8) is 0 Å². The molecule has 0 spiro atoms. The van der Waals surface area contributed by atoms with Crippen molar-refractivity contribution in [1.29, 1.82) is 0 Å². The molecule has 2 aromatic carbocycles. The highest BCUT2D eigenvalue weighted by molar-refractivity contribution is 6.02. The van der Waals surface area contributed by atoms with Crippen LogP contribution >= 0.6 is 0 Å². The van der Waals surface area contributed by atoms with E-state index in [2.05, 4.69) is 20.5 Å². The summed E-state index contributed by atoms with van der Waals surface area (Å²) in [7, 11) is 1.59. The highest BCUT2D eigenvalue weighted by Gasteiger charge is 2.13. The summed E-state index contributed by atoms with van der Waals surface area (Å²) in [4.78, 5) is 16.2. The average molecular weight is 378 g/mol. The molecule has 4 aromatic rings. The molecule has 0 fully saturated rings. The lowest BCUT2D eigenvalue weighted by Crippen LogP contribution is -2.13. The molecular weight excluding hydrogens is 363 g/mol. The maximum absolute atomic E-state index is 14.3. The van der Waals surface area contributed by atoms with E-state index < -0.39 is 11.7 Å². The Morgan fingerprint density at radius 1 is 1.11 bits per heavy atom. The van der Waals surface area contributed by atoms with Crippen LogP contribution in [0.1, 0.15) is 10.5 Å². The quantitative estimate of drug-likeness (QED) is 0.577. The van der Waals surface area contributed by atoms with Crippen LogP contribution in [-0.4, -0.2) is 37.6 Å². The molecule has 8 nitrogen and oxygen atoms in total. The second-order valence-electron chi connectivity index (χ2n) is 5.80. The number of carbonyl (C=O) groups is 1. The summed E-state index contributed by atoms with van der Waals surface area (Å²) in [5, 5.41) is 10.8. The summed E-state index contributed by atoms with van der Waals surface area (Å²) in [5.74, 6) is -0.252. The van der Waals surface area contributed by atoms with Gasteiger partial charge in [-0.05, 0) is 48.5 Å². The summed E-state index contributed by atoms with van der Waals surface area (Å²) in [5.41, 5.74) is 1.53. The monoisotopic (exact) mass is 378 g/mol. The molecule has 1 amide bonds. The van der Waals surface area contributed by atoms with Gasteiger partial charge in [-0.2, -0.15) is 10.2 Å². The standard InChI is InChI=1S/C19H15FN6O2/c1-28-15-5-3-14(4-6-15)25-9-8-17(24-25)19(27)23-13-2-7-18(16(20)10-13)26-12-21-11-22-26/h2-12H,1H3,(H,23,27). The summed E-state index contributed by atoms with van der Waals surface area (Å²) in [6.45, 7) is 0. The van der Waals surface area contributed by atoms with Crippen LogP contribution in [-0.2, 0) is 0 Å². The molecule has 0 atom stereocenters. The predicted octanol–water partition coefficient (Wildman–Crippen LogP) is 2.85. The van der Waals surface area contributed by atoms with E-state index in [4.69, 9.17) is 4.74 Å². The van der Waals surface area contributed by atoms with Crippen LogP contribution in [0.4, 0.5) is 10.1 Å². The van der Waals surface area contributed by atoms with Crippen molar-refractivity contribution in [2.75, 3.05) is 12.4 Å². The molecule has 0 saturated heterocycles. The topological polar surface area (TPSA) is 86.9 Å². The van der Waals surface area contributed by atoms with E-state index in [1.807, 2.05) is 12.1 Å². The van der Waals surface area contributed by atoms with Crippen molar-refractivity contribution in [2.45, 2.75) is 0 Å². The number of amides is 1. The number of nitrogens with one attached hydrogen (secondary N) is 1. The summed E-state index contributed by atoms with van der Waals surface area (Å²) >= 11 is 0. The fourth-order valence-corrected chi connectivity index (χ4v) is 2.62. The van der Waals surface area contributed by atoms with E-state index in [0.717, 1.165) is 11.4 Å². The SMILES string of the molecule is COc1ccc(-n2ccc(C(=O)Nc3ccc(-n4cncn4)c(F)c3)n2)cc1. The lowest BCUT2D eigenvalue weighted by atomic mass is 10.2. The molecule has 4 rings (SSSR count). The Kier molecular flexibility index (Phi) is 4.55. The molecule has 0 radical (unpaired) electrons. The van der Waals surface area contributed by atoms with Gasteiger partial charge in [0.2, 0.25) is 0 Å². The molecule has 140 valence electrons. The smallest absolute Gasteiger partial charge is 0.276 e. The number of hydrogen-bond acceptors (Lipinski definition) is 5. The van der Waals surface area contributed by atoms with Crippen LogP contribution in [0.3, 0.4) is 0 Å². The van der Waals surface area contributed by atoms with Gasteiger partial charge in [-0.25, -0.2) is 18.7 Å². The van der Waals surface area contributed by atoms with Gasteiger partial charge in [0.1, 0.15) is 24.1 Å². The molecule has 28 heavy (non-hydrogen) atoms. The zero-order valence-corrected chi connectivity index (χ0v) is 14.8. The van der Waals surface area contributed by atoms with Gasteiger partial charge in [0.15, 0.2) is 11.5 Å². The number of hydrogen-bond donors (Lipinski definition) is 1. The van der Waals surface area contributed by atoms with Crippen molar-refractivity contribution in [2.24, 2.45) is 0 Å². The summed E-state index contributed by atoms with van der Waals surface area (Å²) in [6, 6.07) is 13.1. The summed E-state index contributed by atoms with van der Waals surface area (Å²) < 4.78 is 22.3. The first-order chi connectivity index (χ1) is 13.6. The Morgan fingerprint density at radius 3 is 2.61 bits per heavy atom. The summed E-state index contributed by atoms with van der Waals surface area (Å²) in [6.07, 6.45) is 4.38. The van der Waals surface area contributed by atoms with E-state index in [1.54, 1.807) is 42.3 Å². The maximum Gasteiger partial charge on any atom is 0.276 e. The van der Waals surface area contributed by atoms with Gasteiger partial charge >= 0.3 is 0 Å². The minimum atomic E-state index is -0.535. The molecular formula is C19H15FN6O2. The highest BCUT2D eigenvalue weighted by atomic mass is 19.1. The predicted molar refractivity (Wildman–Crippen MR) is 99.4 cm³/mol. The Morgan fingerprint density at radius 2 is 1.93 bits per heavy atom. The first-order valence-electron chi connectivity index (χ1n) is 8.30. The Bertz CT molecular complexity index is 1110. The molecule has 0 saturated carbocycles. The Balaban J connectivity index is 1.49. The fourth-order valence-electron chi connectivity index (χ4n) is 2.62. The van der Waals surface area contributed by atoms with Gasteiger partial charge in [-0.15, -0.1) is 0 Å². The molecule has 0 aliphatic heterocycles. The van der Waals surface area contributed by atoms with Gasteiger partial charge in [0.05, 0.1) is 12.8 Å². The van der Waals surface area contributed by atoms with E-state index >= 15 is 0 Å². The molecule has 9 heteroatoms. The van der Waals surface area contributed by atoms with Crippen LogP contribution in [0.25, 0.3) is 11.4 Å². The van der Waals surface area contributed by atoms with Crippen LogP contribution in [0.5, 0.6) is 5.75 Å². The lowest BCUT2D eigenvalue weighted by Gasteiger charge is -2.07. The number of methoxy groups -OCH3 is 1. The van der Waals surface area contributed by atoms with Crippen molar-refractivity contribution in [3.05, 3.63) is 78.9 Å². The minimum absolute atomic E-state index is 0.205. The number of carbonyl (C=O) groups excluding carboxylic acids is 1. The van der Waals surface area contributed by atoms with E-state index in [1.165, 1.54) is 29.5 Å². The molecule has 0 aliphatic carbocycles. The molecule has 0 aliphatic rings. The van der Waals surface area contributed by atoms with Gasteiger partial charge in [-0.1, -0.05) is 0 Å². The van der Waals surface area contributed by atoms with Crippen LogP contribution in [0.2, 0.25) is 0 Å². The zero-order chi connectivity index (χ0) is 19.5. The number of aromatic nitrogens is 5. The average Bonchev–Trinajstić information content (AvgIpc) is 3.40. The number of ether oxygens (including phenoxy) is 1. The number of halogens is 1. The van der Waals surface area contributed by atoms with Crippen LogP contribution in [0.15, 0.2) is 67.4 Å². The van der Waals surface area contributed by atoms with E-state index in [9.17, 15) is 9.18 Å². The second-order valence-corrected chi connectivity index (χ2v) is 5.80. The van der Waals surface area contributed by atoms with Crippen molar-refractivity contribution < 1.29 is 13.9 Å². The van der Waals surface area contributed by atoms with Crippen molar-refractivity contribution >= 4 is 11.6 Å². The van der Waals surface area contributed by atoms with Gasteiger partial charge in [0.25, 0.3) is 5.91 Å². The third-order valence-corrected chi connectivity index (χ3v) is 4.03. The molecule has 0 bridgehead atoms. The van der Waals surface area contributed by atoms with Crippen molar-refractivity contribution in [1.82, 2.24) is 24.5 Å². The van der Waals surface area contributed by atoms with E-state index in [-0.39, 0.29) is 11.4 Å². The maximum atomic E-state index is 14.3. The van der Waals surface area contributed by atoms with Crippen molar-refractivity contribution in [3.8, 4) is 17.1 Å². The van der Waals surface area contributed by atoms with Gasteiger partial charge in [-0.3, -0.25) is 4.79 Å². The number of anilines is 1. The number of rotatable bonds is 5. The number of nitrogens with zero attached hydrogens (tertiary/aromatic N) is 5. The number of benzene rings is 2. The minimum Gasteiger partial charge on any atom is -0.497 e. The fraction of sp³-hybridized carbons (Fsp3) is 0.0526. The largest absolute Gasteiger partial charge is 0.497 e. The van der Waals surface area contributed by atoms with Gasteiger partial charge in [0, 0.05) is 11.9 Å². The Labute approximate surface area is 159 Å². The Hall–Kier alpha value is -4.01. The molecule has 1 N–H and O–H groups in total. The zero-order valence-electron chi connectivity index (χ0n) is 14.8. The van der Waals surface area contributed by atoms with Crippen LogP contribution in [0, 0.1) is 5.82 Å². The second kappa shape index (κ2) is 7.31. The first-order valence-corrected chi connectivity index (χ1v) is 8.30. The highest BCUT2D eigenvalue weighted by Crippen LogP contribution is 2.18.